The van der Waals surface area contributed by atoms with Crippen LogP contribution in [0.25, 0.3) is 37.2 Å². The lowest BCUT2D eigenvalue weighted by Gasteiger charge is -2.32. The molecule has 0 saturated heterocycles. The maximum atomic E-state index is 9.62. The number of hydrogen-bond acceptors (Lipinski definition) is 4. The highest BCUT2D eigenvalue weighted by atomic mass is 28.3. The van der Waals surface area contributed by atoms with Crippen molar-refractivity contribution >= 4 is 85.4 Å². The molecule has 6 heteroatoms. The molecule has 246 valence electrons. The summed E-state index contributed by atoms with van der Waals surface area (Å²) in [6.45, 7) is 14.6. The van der Waals surface area contributed by atoms with Gasteiger partial charge in [-0.1, -0.05) is 86.4 Å². The largest absolute Gasteiger partial charge is 0.310 e. The second-order valence-electron chi connectivity index (χ2n) is 14.0. The van der Waals surface area contributed by atoms with Crippen LogP contribution in [0.15, 0.2) is 146 Å². The van der Waals surface area contributed by atoms with Crippen LogP contribution < -0.4 is 15.0 Å². The van der Waals surface area contributed by atoms with Crippen molar-refractivity contribution in [3.63, 3.8) is 0 Å². The van der Waals surface area contributed by atoms with E-state index in [1.807, 2.05) is 72.8 Å². The van der Waals surface area contributed by atoms with Gasteiger partial charge in [-0.25, -0.2) is 4.85 Å². The molecule has 8 aromatic rings. The van der Waals surface area contributed by atoms with Crippen LogP contribution in [-0.4, -0.2) is 8.07 Å². The van der Waals surface area contributed by atoms with Gasteiger partial charge in [0.2, 0.25) is 0 Å². The van der Waals surface area contributed by atoms with E-state index in [0.29, 0.717) is 16.8 Å². The average molecular weight is 684 g/mol. The van der Waals surface area contributed by atoms with Gasteiger partial charge in [-0.3, -0.25) is 0 Å². The smallest absolute Gasteiger partial charge is 0.187 e. The second kappa shape index (κ2) is 12.8. The molecule has 5 nitrogen and oxygen atoms in total. The third kappa shape index (κ3) is 5.47. The highest BCUT2D eigenvalue weighted by Gasteiger charge is 2.26. The molecule has 0 atom stereocenters. The van der Waals surface area contributed by atoms with Gasteiger partial charge in [0, 0.05) is 33.5 Å². The molecular weight excluding hydrogens is 651 g/mol. The van der Waals surface area contributed by atoms with E-state index in [2.05, 4.69) is 119 Å². The molecule has 52 heavy (non-hydrogen) atoms. The molecule has 0 aromatic heterocycles. The Hall–Kier alpha value is -6.91. The highest BCUT2D eigenvalue weighted by Crippen LogP contribution is 2.47. The van der Waals surface area contributed by atoms with Gasteiger partial charge in [0.05, 0.1) is 49.3 Å². The van der Waals surface area contributed by atoms with Crippen LogP contribution in [0.3, 0.4) is 0 Å². The van der Waals surface area contributed by atoms with Crippen LogP contribution in [0.5, 0.6) is 0 Å². The van der Waals surface area contributed by atoms with Crippen LogP contribution in [0.1, 0.15) is 11.1 Å². The SMILES string of the molecule is [C-]#[N+]c1ccc(N(c2ccc(C#N)cc2)c2ccc3ccc4c(N(c5ccc(C#N)cc5)c5ccccc5[Si](C)(C)C)ccc5ccc2c3c54)cc1. The third-order valence-electron chi connectivity index (χ3n) is 9.80. The molecule has 0 spiro atoms. The number of anilines is 6. The van der Waals surface area contributed by atoms with Crippen LogP contribution in [0.4, 0.5) is 39.8 Å². The minimum Gasteiger partial charge on any atom is -0.310 e. The summed E-state index contributed by atoms with van der Waals surface area (Å²) in [6, 6.07) is 54.1. The average Bonchev–Trinajstić information content (AvgIpc) is 3.18. The summed E-state index contributed by atoms with van der Waals surface area (Å²) in [7, 11) is -1.79. The molecular formula is C46H33N5Si. The maximum absolute atomic E-state index is 9.62. The summed E-state index contributed by atoms with van der Waals surface area (Å²) in [5, 5.41) is 27.4. The van der Waals surface area contributed by atoms with Gasteiger partial charge in [-0.05, 0) is 106 Å². The van der Waals surface area contributed by atoms with Crippen LogP contribution in [0.2, 0.25) is 19.6 Å². The van der Waals surface area contributed by atoms with Crippen molar-refractivity contribution in [1.82, 2.24) is 0 Å². The van der Waals surface area contributed by atoms with Gasteiger partial charge < -0.3 is 9.80 Å². The lowest BCUT2D eigenvalue weighted by molar-refractivity contribution is 1.30. The first-order valence-corrected chi connectivity index (χ1v) is 20.7. The van der Waals surface area contributed by atoms with Crippen LogP contribution in [0, 0.1) is 29.2 Å². The fraction of sp³-hybridized carbons (Fsp3) is 0.0652. The summed E-state index contributed by atoms with van der Waals surface area (Å²) in [6.07, 6.45) is 0. The van der Waals surface area contributed by atoms with E-state index >= 15 is 0 Å². The van der Waals surface area contributed by atoms with Gasteiger partial charge in [0.25, 0.3) is 0 Å². The molecule has 0 aliphatic rings. The number of nitriles is 2. The van der Waals surface area contributed by atoms with E-state index < -0.39 is 8.07 Å². The molecule has 0 aliphatic carbocycles. The molecule has 0 fully saturated rings. The molecule has 0 unspecified atom stereocenters. The third-order valence-corrected chi connectivity index (χ3v) is 11.8. The first kappa shape index (κ1) is 32.3. The van der Waals surface area contributed by atoms with Crippen LogP contribution >= 0.6 is 0 Å². The van der Waals surface area contributed by atoms with E-state index in [9.17, 15) is 10.5 Å². The molecule has 0 N–H and O–H groups in total. The summed E-state index contributed by atoms with van der Waals surface area (Å²) in [5.74, 6) is 0. The van der Waals surface area contributed by atoms with Gasteiger partial charge in [0.1, 0.15) is 0 Å². The summed E-state index contributed by atoms with van der Waals surface area (Å²) in [4.78, 5) is 8.19. The Morgan fingerprint density at radius 3 is 1.42 bits per heavy atom. The number of rotatable bonds is 7. The predicted molar refractivity (Wildman–Crippen MR) is 218 cm³/mol. The van der Waals surface area contributed by atoms with Crippen molar-refractivity contribution in [3.8, 4) is 12.1 Å². The Kier molecular flexibility index (Phi) is 7.93. The number of nitrogens with zero attached hydrogens (tertiary/aromatic N) is 5. The van der Waals surface area contributed by atoms with Crippen molar-refractivity contribution in [1.29, 1.82) is 10.5 Å². The van der Waals surface area contributed by atoms with Gasteiger partial charge >= 0.3 is 0 Å². The number of hydrogen-bond donors (Lipinski definition) is 0. The molecule has 8 aromatic carbocycles. The Bertz CT molecular complexity index is 2680. The summed E-state index contributed by atoms with van der Waals surface area (Å²) < 4.78 is 0. The Morgan fingerprint density at radius 1 is 0.500 bits per heavy atom. The van der Waals surface area contributed by atoms with Crippen molar-refractivity contribution in [2.24, 2.45) is 0 Å². The zero-order chi connectivity index (χ0) is 36.0. The van der Waals surface area contributed by atoms with Gasteiger partial charge in [0.15, 0.2) is 5.69 Å². The zero-order valence-corrected chi connectivity index (χ0v) is 30.1. The Morgan fingerprint density at radius 2 is 0.942 bits per heavy atom. The van der Waals surface area contributed by atoms with E-state index in [4.69, 9.17) is 6.57 Å². The fourth-order valence-electron chi connectivity index (χ4n) is 7.34. The molecule has 0 bridgehead atoms. The van der Waals surface area contributed by atoms with Gasteiger partial charge in [-0.15, -0.1) is 0 Å². The number of benzene rings is 8. The van der Waals surface area contributed by atoms with Crippen molar-refractivity contribution in [2.45, 2.75) is 19.6 Å². The monoisotopic (exact) mass is 683 g/mol. The normalized spacial score (nSPS) is 11.3. The Balaban J connectivity index is 1.41. The van der Waals surface area contributed by atoms with Crippen molar-refractivity contribution in [2.75, 3.05) is 9.80 Å². The van der Waals surface area contributed by atoms with Crippen molar-refractivity contribution in [3.05, 3.63) is 168 Å². The van der Waals surface area contributed by atoms with Crippen molar-refractivity contribution < 1.29 is 0 Å². The quantitative estimate of drug-likeness (QED) is 0.0953. The first-order chi connectivity index (χ1) is 25.3. The summed E-state index contributed by atoms with van der Waals surface area (Å²) >= 11 is 0. The van der Waals surface area contributed by atoms with E-state index in [1.165, 1.54) is 16.0 Å². The highest BCUT2D eigenvalue weighted by molar-refractivity contribution is 6.89. The zero-order valence-electron chi connectivity index (χ0n) is 29.1. The first-order valence-electron chi connectivity index (χ1n) is 17.2. The second-order valence-corrected chi connectivity index (χ2v) is 19.0. The standard InChI is InChI=1S/C46H33N5Si/c1-49-35-17-23-37(24-18-35)50(36-19-9-31(29-47)10-20-36)41-27-15-33-14-26-40-42(28-16-34-13-25-39(41)45(33)46(34)40)51(38-21-11-32(30-48)12-22-38)43-7-5-6-8-44(43)52(2,3)4/h5-28H,2-4H3. The minimum atomic E-state index is -1.79. The lowest BCUT2D eigenvalue weighted by atomic mass is 9.91. The van der Waals surface area contributed by atoms with E-state index in [-0.39, 0.29) is 0 Å². The predicted octanol–water partition coefficient (Wildman–Crippen LogP) is 12.4. The van der Waals surface area contributed by atoms with E-state index in [1.54, 1.807) is 0 Å². The van der Waals surface area contributed by atoms with E-state index in [0.717, 1.165) is 55.7 Å². The lowest BCUT2D eigenvalue weighted by Crippen LogP contribution is -2.40. The molecule has 0 heterocycles. The maximum Gasteiger partial charge on any atom is 0.187 e. The topological polar surface area (TPSA) is 58.4 Å². The number of para-hydroxylation sites is 1. The molecule has 0 radical (unpaired) electrons. The minimum absolute atomic E-state index is 0.578. The molecule has 0 amide bonds. The fourth-order valence-corrected chi connectivity index (χ4v) is 8.90. The molecule has 0 saturated carbocycles. The molecule has 8 rings (SSSR count). The van der Waals surface area contributed by atoms with Crippen LogP contribution in [-0.2, 0) is 0 Å². The molecule has 0 aliphatic heterocycles. The summed E-state index contributed by atoms with van der Waals surface area (Å²) in [5.41, 5.74) is 7.85. The Labute approximate surface area is 304 Å². The van der Waals surface area contributed by atoms with Gasteiger partial charge in [-0.2, -0.15) is 10.5 Å².